The highest BCUT2D eigenvalue weighted by Crippen LogP contribution is 2.32. The van der Waals surface area contributed by atoms with E-state index >= 15 is 0 Å². The van der Waals surface area contributed by atoms with Gasteiger partial charge in [-0.15, -0.1) is 0 Å². The Labute approximate surface area is 176 Å². The van der Waals surface area contributed by atoms with E-state index in [1.807, 2.05) is 24.3 Å². The molecule has 4 N–H and O–H groups in total. The van der Waals surface area contributed by atoms with Crippen LogP contribution in [0.2, 0.25) is 5.02 Å². The second kappa shape index (κ2) is 7.68. The Kier molecular flexibility index (Phi) is 5.00. The predicted molar refractivity (Wildman–Crippen MR) is 110 cm³/mol. The number of benzene rings is 1. The van der Waals surface area contributed by atoms with E-state index in [4.69, 9.17) is 21.1 Å². The second-order valence-corrected chi connectivity index (χ2v) is 7.95. The van der Waals surface area contributed by atoms with Gasteiger partial charge < -0.3 is 34.7 Å². The van der Waals surface area contributed by atoms with Crippen molar-refractivity contribution in [2.75, 3.05) is 31.2 Å². The molecule has 158 valence electrons. The van der Waals surface area contributed by atoms with E-state index in [0.29, 0.717) is 35.0 Å². The van der Waals surface area contributed by atoms with Gasteiger partial charge in [0.2, 0.25) is 0 Å². The molecular weight excluding hydrogens is 412 g/mol. The third kappa shape index (κ3) is 3.48. The number of hydrogen-bond donors (Lipinski definition) is 4. The van der Waals surface area contributed by atoms with Crippen molar-refractivity contribution in [1.82, 2.24) is 15.0 Å². The number of nitrogens with one attached hydrogen (secondary N) is 1. The monoisotopic (exact) mass is 432 g/mol. The first-order chi connectivity index (χ1) is 14.5. The van der Waals surface area contributed by atoms with Crippen LogP contribution in [-0.4, -0.2) is 81.0 Å². The molecule has 2 aliphatic rings. The summed E-state index contributed by atoms with van der Waals surface area (Å²) in [6.07, 6.45) is -2.50. The SMILES string of the molecule is OC[C@H]1OC[C@@H](Oc2nc3nc(-c4ccc(N5CC(O)C5)cc4)c(Cl)cc3[nH]2)[C@@H]1O. The molecule has 0 aliphatic carbocycles. The molecule has 0 amide bonds. The van der Waals surface area contributed by atoms with Crippen LogP contribution in [0.4, 0.5) is 5.69 Å². The first-order valence-corrected chi connectivity index (χ1v) is 10.1. The largest absolute Gasteiger partial charge is 0.456 e. The summed E-state index contributed by atoms with van der Waals surface area (Å²) in [6, 6.07) is 9.75. The maximum Gasteiger partial charge on any atom is 0.296 e. The lowest BCUT2D eigenvalue weighted by Crippen LogP contribution is -2.50. The molecule has 1 aromatic carbocycles. The maximum atomic E-state index is 10.1. The number of fused-ring (bicyclic) bond motifs is 1. The summed E-state index contributed by atoms with van der Waals surface area (Å²) in [5.74, 6) is 0. The molecule has 2 aliphatic heterocycles. The summed E-state index contributed by atoms with van der Waals surface area (Å²) in [5, 5.41) is 29.2. The highest BCUT2D eigenvalue weighted by molar-refractivity contribution is 6.33. The highest BCUT2D eigenvalue weighted by Gasteiger charge is 2.37. The molecule has 9 nitrogen and oxygen atoms in total. The third-order valence-corrected chi connectivity index (χ3v) is 5.74. The van der Waals surface area contributed by atoms with Gasteiger partial charge in [-0.25, -0.2) is 4.98 Å². The Hall–Kier alpha value is -2.43. The van der Waals surface area contributed by atoms with Crippen molar-refractivity contribution < 1.29 is 24.8 Å². The van der Waals surface area contributed by atoms with Crippen molar-refractivity contribution in [2.24, 2.45) is 0 Å². The number of aromatic amines is 1. The van der Waals surface area contributed by atoms with Crippen LogP contribution in [0, 0.1) is 0 Å². The number of aliphatic hydroxyl groups is 3. The highest BCUT2D eigenvalue weighted by atomic mass is 35.5. The van der Waals surface area contributed by atoms with E-state index in [9.17, 15) is 15.3 Å². The minimum Gasteiger partial charge on any atom is -0.456 e. The predicted octanol–water partition coefficient (Wildman–Crippen LogP) is 0.959. The van der Waals surface area contributed by atoms with Crippen LogP contribution in [0.1, 0.15) is 0 Å². The molecular formula is C20H21ClN4O5. The Bertz CT molecular complexity index is 1050. The standard InChI is InChI=1S/C20H21ClN4O5/c21-13-5-14-19(24-20(22-14)30-16-9-29-15(8-26)18(16)28)23-17(13)10-1-3-11(4-2-10)25-6-12(27)7-25/h1-5,12,15-16,18,26-28H,6-9H2,(H,22,23,24)/t15-,16-,18-/m1/s1. The van der Waals surface area contributed by atoms with E-state index in [2.05, 4.69) is 19.9 Å². The summed E-state index contributed by atoms with van der Waals surface area (Å²) in [6.45, 7) is 1.16. The van der Waals surface area contributed by atoms with Gasteiger partial charge in [0.05, 0.1) is 35.6 Å². The van der Waals surface area contributed by atoms with Gasteiger partial charge in [0.1, 0.15) is 12.2 Å². The number of halogens is 1. The molecule has 2 saturated heterocycles. The van der Waals surface area contributed by atoms with Crippen LogP contribution < -0.4 is 9.64 Å². The average molecular weight is 433 g/mol. The minimum atomic E-state index is -0.943. The Morgan fingerprint density at radius 2 is 1.97 bits per heavy atom. The van der Waals surface area contributed by atoms with Gasteiger partial charge in [0.15, 0.2) is 11.8 Å². The number of ether oxygens (including phenoxy) is 2. The molecule has 0 saturated carbocycles. The maximum absolute atomic E-state index is 10.1. The molecule has 0 unspecified atom stereocenters. The second-order valence-electron chi connectivity index (χ2n) is 7.54. The number of anilines is 1. The fourth-order valence-electron chi connectivity index (χ4n) is 3.71. The van der Waals surface area contributed by atoms with Crippen molar-refractivity contribution in [3.05, 3.63) is 35.4 Å². The van der Waals surface area contributed by atoms with Crippen molar-refractivity contribution in [3.63, 3.8) is 0 Å². The molecule has 0 radical (unpaired) electrons. The summed E-state index contributed by atoms with van der Waals surface area (Å²) >= 11 is 6.46. The molecule has 2 aromatic heterocycles. The lowest BCUT2D eigenvalue weighted by molar-refractivity contribution is -0.00390. The number of imidazole rings is 1. The number of rotatable bonds is 5. The molecule has 5 rings (SSSR count). The minimum absolute atomic E-state index is 0.156. The topological polar surface area (TPSA) is 124 Å². The number of β-amino-alcohol motifs (C(OH)–C–C–N with tert-alkyl or cyclic N) is 1. The summed E-state index contributed by atoms with van der Waals surface area (Å²) < 4.78 is 11.0. The fraction of sp³-hybridized carbons (Fsp3) is 0.400. The van der Waals surface area contributed by atoms with Crippen LogP contribution in [0.5, 0.6) is 6.01 Å². The normalized spacial score (nSPS) is 24.4. The van der Waals surface area contributed by atoms with Crippen molar-refractivity contribution >= 4 is 28.5 Å². The van der Waals surface area contributed by atoms with Crippen LogP contribution in [0.3, 0.4) is 0 Å². The lowest BCUT2D eigenvalue weighted by atomic mass is 10.1. The van der Waals surface area contributed by atoms with E-state index in [1.54, 1.807) is 6.07 Å². The summed E-state index contributed by atoms with van der Waals surface area (Å²) in [5.41, 5.74) is 3.53. The van der Waals surface area contributed by atoms with Gasteiger partial charge in [-0.3, -0.25) is 0 Å². The zero-order valence-electron chi connectivity index (χ0n) is 15.9. The van der Waals surface area contributed by atoms with Crippen LogP contribution >= 0.6 is 11.6 Å². The average Bonchev–Trinajstić information content (AvgIpc) is 3.27. The molecule has 4 heterocycles. The van der Waals surface area contributed by atoms with Gasteiger partial charge in [-0.1, -0.05) is 23.7 Å². The molecule has 0 spiro atoms. The van der Waals surface area contributed by atoms with E-state index in [0.717, 1.165) is 11.3 Å². The quantitative estimate of drug-likeness (QED) is 0.470. The van der Waals surface area contributed by atoms with E-state index < -0.39 is 18.3 Å². The van der Waals surface area contributed by atoms with Crippen LogP contribution in [-0.2, 0) is 4.74 Å². The van der Waals surface area contributed by atoms with Gasteiger partial charge in [0, 0.05) is 24.3 Å². The van der Waals surface area contributed by atoms with E-state index in [1.165, 1.54) is 0 Å². The lowest BCUT2D eigenvalue weighted by Gasteiger charge is -2.37. The molecule has 3 aromatic rings. The summed E-state index contributed by atoms with van der Waals surface area (Å²) in [7, 11) is 0. The summed E-state index contributed by atoms with van der Waals surface area (Å²) in [4.78, 5) is 14.0. The van der Waals surface area contributed by atoms with Crippen molar-refractivity contribution in [3.8, 4) is 17.3 Å². The molecule has 0 bridgehead atoms. The fourth-order valence-corrected chi connectivity index (χ4v) is 3.97. The van der Waals surface area contributed by atoms with Crippen molar-refractivity contribution in [2.45, 2.75) is 24.4 Å². The number of aliphatic hydroxyl groups excluding tert-OH is 3. The molecule has 3 atom stereocenters. The number of pyridine rings is 1. The number of aromatic nitrogens is 3. The smallest absolute Gasteiger partial charge is 0.296 e. The van der Waals surface area contributed by atoms with Gasteiger partial charge >= 0.3 is 0 Å². The number of H-pyrrole nitrogens is 1. The molecule has 2 fully saturated rings. The van der Waals surface area contributed by atoms with E-state index in [-0.39, 0.29) is 25.3 Å². The zero-order chi connectivity index (χ0) is 20.8. The molecule has 30 heavy (non-hydrogen) atoms. The van der Waals surface area contributed by atoms with Crippen LogP contribution in [0.25, 0.3) is 22.4 Å². The third-order valence-electron chi connectivity index (χ3n) is 5.45. The van der Waals surface area contributed by atoms with Gasteiger partial charge in [-0.05, 0) is 18.2 Å². The Morgan fingerprint density at radius 1 is 1.20 bits per heavy atom. The van der Waals surface area contributed by atoms with Gasteiger partial charge in [0.25, 0.3) is 6.01 Å². The first kappa shape index (κ1) is 19.5. The number of nitrogens with zero attached hydrogens (tertiary/aromatic N) is 3. The Morgan fingerprint density at radius 3 is 2.63 bits per heavy atom. The van der Waals surface area contributed by atoms with Crippen LogP contribution in [0.15, 0.2) is 30.3 Å². The van der Waals surface area contributed by atoms with Crippen molar-refractivity contribution in [1.29, 1.82) is 0 Å². The Balaban J connectivity index is 1.37. The zero-order valence-corrected chi connectivity index (χ0v) is 16.7. The number of hydrogen-bond acceptors (Lipinski definition) is 8. The first-order valence-electron chi connectivity index (χ1n) is 9.68. The molecule has 10 heteroatoms. The van der Waals surface area contributed by atoms with Gasteiger partial charge in [-0.2, -0.15) is 4.98 Å².